The van der Waals surface area contributed by atoms with Crippen molar-refractivity contribution < 1.29 is 28.2 Å². The van der Waals surface area contributed by atoms with Crippen molar-refractivity contribution in [3.8, 4) is 0 Å². The summed E-state index contributed by atoms with van der Waals surface area (Å²) in [5.41, 5.74) is -0.568. The van der Waals surface area contributed by atoms with Crippen LogP contribution in [0, 0.1) is 0 Å². The van der Waals surface area contributed by atoms with E-state index in [1.807, 2.05) is 0 Å². The molecule has 7 nitrogen and oxygen atoms in total. The summed E-state index contributed by atoms with van der Waals surface area (Å²) < 4.78 is 26.8. The number of carboxylic acids is 2. The van der Waals surface area contributed by atoms with Crippen LogP contribution in [0.1, 0.15) is 20.7 Å². The summed E-state index contributed by atoms with van der Waals surface area (Å²) in [6.07, 6.45) is 0. The Morgan fingerprint density at radius 2 is 1.36 bits per heavy atom. The molecule has 0 aliphatic heterocycles. The highest BCUT2D eigenvalue weighted by molar-refractivity contribution is 7.92. The number of para-hydroxylation sites is 1. The SMILES string of the molecule is O=C(O)c1cc(C(=O)O)cc(S(=O)(=O)Nc2ccccc2)c1. The van der Waals surface area contributed by atoms with Crippen molar-refractivity contribution in [2.24, 2.45) is 0 Å². The lowest BCUT2D eigenvalue weighted by molar-refractivity contribution is 0.0696. The van der Waals surface area contributed by atoms with Gasteiger partial charge in [0.15, 0.2) is 0 Å². The third-order valence-electron chi connectivity index (χ3n) is 2.74. The van der Waals surface area contributed by atoms with Gasteiger partial charge in [0, 0.05) is 5.69 Å². The van der Waals surface area contributed by atoms with Crippen molar-refractivity contribution in [1.29, 1.82) is 0 Å². The third kappa shape index (κ3) is 3.41. The number of benzene rings is 2. The normalized spacial score (nSPS) is 10.9. The second-order valence-electron chi connectivity index (χ2n) is 4.33. The van der Waals surface area contributed by atoms with Gasteiger partial charge in [0.05, 0.1) is 16.0 Å². The van der Waals surface area contributed by atoms with E-state index in [0.717, 1.165) is 18.2 Å². The van der Waals surface area contributed by atoms with Crippen molar-refractivity contribution in [2.75, 3.05) is 4.72 Å². The first-order valence-corrected chi connectivity index (χ1v) is 7.47. The van der Waals surface area contributed by atoms with Crippen LogP contribution in [0.3, 0.4) is 0 Å². The maximum Gasteiger partial charge on any atom is 0.335 e. The van der Waals surface area contributed by atoms with Crippen molar-refractivity contribution in [3.63, 3.8) is 0 Å². The standard InChI is InChI=1S/C14H11NO6S/c16-13(17)9-6-10(14(18)19)8-12(7-9)22(20,21)15-11-4-2-1-3-5-11/h1-8,15H,(H,16,17)(H,18,19). The number of hydrogen-bond acceptors (Lipinski definition) is 4. The van der Waals surface area contributed by atoms with Gasteiger partial charge in [-0.15, -0.1) is 0 Å². The average Bonchev–Trinajstić information content (AvgIpc) is 2.47. The average molecular weight is 321 g/mol. The lowest BCUT2D eigenvalue weighted by atomic mass is 10.1. The fraction of sp³-hybridized carbons (Fsp3) is 0. The molecule has 0 amide bonds. The van der Waals surface area contributed by atoms with Gasteiger partial charge in [-0.2, -0.15) is 0 Å². The minimum absolute atomic E-state index is 0.278. The van der Waals surface area contributed by atoms with Gasteiger partial charge in [0.1, 0.15) is 0 Å². The second-order valence-corrected chi connectivity index (χ2v) is 6.01. The molecule has 0 fully saturated rings. The quantitative estimate of drug-likeness (QED) is 0.773. The number of hydrogen-bond donors (Lipinski definition) is 3. The van der Waals surface area contributed by atoms with E-state index < -0.39 is 38.0 Å². The lowest BCUT2D eigenvalue weighted by Crippen LogP contribution is -2.15. The smallest absolute Gasteiger partial charge is 0.335 e. The number of nitrogens with one attached hydrogen (secondary N) is 1. The van der Waals surface area contributed by atoms with E-state index in [4.69, 9.17) is 10.2 Å². The van der Waals surface area contributed by atoms with Crippen LogP contribution in [0.5, 0.6) is 0 Å². The Morgan fingerprint density at radius 3 is 1.82 bits per heavy atom. The highest BCUT2D eigenvalue weighted by atomic mass is 32.2. The van der Waals surface area contributed by atoms with Crippen molar-refractivity contribution in [2.45, 2.75) is 4.90 Å². The van der Waals surface area contributed by atoms with Crippen LogP contribution in [0.15, 0.2) is 53.4 Å². The zero-order chi connectivity index (χ0) is 16.3. The van der Waals surface area contributed by atoms with E-state index in [2.05, 4.69) is 4.72 Å². The van der Waals surface area contributed by atoms with E-state index in [9.17, 15) is 18.0 Å². The molecule has 0 bridgehead atoms. The predicted octanol–water partition coefficient (Wildman–Crippen LogP) is 1.88. The number of anilines is 1. The zero-order valence-electron chi connectivity index (χ0n) is 11.1. The predicted molar refractivity (Wildman–Crippen MR) is 77.6 cm³/mol. The molecule has 0 aliphatic carbocycles. The molecule has 0 saturated carbocycles. The Labute approximate surface area is 125 Å². The summed E-state index contributed by atoms with van der Waals surface area (Å²) in [4.78, 5) is 21.6. The Hall–Kier alpha value is -2.87. The van der Waals surface area contributed by atoms with Gasteiger partial charge in [0.2, 0.25) is 0 Å². The van der Waals surface area contributed by atoms with Crippen LogP contribution in [0.2, 0.25) is 0 Å². The highest BCUT2D eigenvalue weighted by Crippen LogP contribution is 2.19. The number of carbonyl (C=O) groups is 2. The molecule has 114 valence electrons. The third-order valence-corrected chi connectivity index (χ3v) is 4.10. The van der Waals surface area contributed by atoms with Crippen LogP contribution in [0.4, 0.5) is 5.69 Å². The molecule has 2 aromatic rings. The Balaban J connectivity index is 2.50. The van der Waals surface area contributed by atoms with Gasteiger partial charge >= 0.3 is 11.9 Å². The molecule has 0 aliphatic rings. The molecule has 0 atom stereocenters. The van der Waals surface area contributed by atoms with Crippen molar-refractivity contribution in [1.82, 2.24) is 0 Å². The Morgan fingerprint density at radius 1 is 0.864 bits per heavy atom. The molecular formula is C14H11NO6S. The summed E-state index contributed by atoms with van der Waals surface area (Å²) in [5, 5.41) is 17.9. The van der Waals surface area contributed by atoms with Crippen molar-refractivity contribution >= 4 is 27.6 Å². The van der Waals surface area contributed by atoms with Crippen LogP contribution in [0.25, 0.3) is 0 Å². The maximum atomic E-state index is 12.3. The number of aromatic carboxylic acids is 2. The first kappa shape index (κ1) is 15.5. The first-order chi connectivity index (χ1) is 10.3. The number of carboxylic acid groups (broad SMARTS) is 2. The summed E-state index contributed by atoms with van der Waals surface area (Å²) in [7, 11) is -4.10. The van der Waals surface area contributed by atoms with E-state index in [-0.39, 0.29) is 5.69 Å². The van der Waals surface area contributed by atoms with Crippen LogP contribution < -0.4 is 4.72 Å². The summed E-state index contributed by atoms with van der Waals surface area (Å²) in [6, 6.07) is 10.7. The van der Waals surface area contributed by atoms with E-state index in [1.165, 1.54) is 12.1 Å². The molecule has 2 rings (SSSR count). The summed E-state index contributed by atoms with van der Waals surface area (Å²) in [6.45, 7) is 0. The van der Waals surface area contributed by atoms with Gasteiger partial charge < -0.3 is 10.2 Å². The molecule has 2 aromatic carbocycles. The topological polar surface area (TPSA) is 121 Å². The van der Waals surface area contributed by atoms with E-state index in [1.54, 1.807) is 18.2 Å². The van der Waals surface area contributed by atoms with Crippen LogP contribution >= 0.6 is 0 Å². The molecule has 0 spiro atoms. The van der Waals surface area contributed by atoms with Gasteiger partial charge in [0.25, 0.3) is 10.0 Å². The molecule has 8 heteroatoms. The molecule has 3 N–H and O–H groups in total. The minimum Gasteiger partial charge on any atom is -0.478 e. The van der Waals surface area contributed by atoms with Crippen LogP contribution in [-0.4, -0.2) is 30.6 Å². The molecule has 0 unspecified atom stereocenters. The van der Waals surface area contributed by atoms with Crippen molar-refractivity contribution in [3.05, 3.63) is 59.7 Å². The highest BCUT2D eigenvalue weighted by Gasteiger charge is 2.20. The van der Waals surface area contributed by atoms with Crippen LogP contribution in [-0.2, 0) is 10.0 Å². The van der Waals surface area contributed by atoms with E-state index >= 15 is 0 Å². The monoisotopic (exact) mass is 321 g/mol. The van der Waals surface area contributed by atoms with Gasteiger partial charge in [-0.3, -0.25) is 4.72 Å². The summed E-state index contributed by atoms with van der Waals surface area (Å²) in [5.74, 6) is -2.83. The molecule has 0 radical (unpaired) electrons. The Bertz CT molecular complexity index is 797. The van der Waals surface area contributed by atoms with Gasteiger partial charge in [-0.1, -0.05) is 18.2 Å². The molecule has 0 aromatic heterocycles. The fourth-order valence-electron chi connectivity index (χ4n) is 1.72. The molecule has 0 heterocycles. The molecular weight excluding hydrogens is 310 g/mol. The molecule has 22 heavy (non-hydrogen) atoms. The first-order valence-electron chi connectivity index (χ1n) is 5.99. The minimum atomic E-state index is -4.10. The zero-order valence-corrected chi connectivity index (χ0v) is 11.9. The second kappa shape index (κ2) is 5.86. The maximum absolute atomic E-state index is 12.3. The van der Waals surface area contributed by atoms with E-state index in [0.29, 0.717) is 0 Å². The largest absolute Gasteiger partial charge is 0.478 e. The fourth-order valence-corrected chi connectivity index (χ4v) is 2.85. The Kier molecular flexibility index (Phi) is 4.13. The number of rotatable bonds is 5. The van der Waals surface area contributed by atoms with Gasteiger partial charge in [-0.25, -0.2) is 18.0 Å². The molecule has 0 saturated heterocycles. The number of sulfonamides is 1. The van der Waals surface area contributed by atoms with Gasteiger partial charge in [-0.05, 0) is 30.3 Å². The lowest BCUT2D eigenvalue weighted by Gasteiger charge is -2.09. The summed E-state index contributed by atoms with van der Waals surface area (Å²) >= 11 is 0.